The fourth-order valence-electron chi connectivity index (χ4n) is 3.83. The summed E-state index contributed by atoms with van der Waals surface area (Å²) in [5.74, 6) is 0.340. The fraction of sp³-hybridized carbons (Fsp3) is 0.458. The zero-order valence-electron chi connectivity index (χ0n) is 19.8. The van der Waals surface area contributed by atoms with E-state index in [1.165, 1.54) is 12.1 Å². The van der Waals surface area contributed by atoms with Crippen molar-refractivity contribution >= 4 is 21.6 Å². The van der Waals surface area contributed by atoms with Crippen molar-refractivity contribution in [2.75, 3.05) is 45.6 Å². The number of methoxy groups -OCH3 is 1. The highest BCUT2D eigenvalue weighted by Gasteiger charge is 2.27. The van der Waals surface area contributed by atoms with E-state index < -0.39 is 10.0 Å². The summed E-state index contributed by atoms with van der Waals surface area (Å²) >= 11 is 0. The van der Waals surface area contributed by atoms with Crippen molar-refractivity contribution in [3.05, 3.63) is 54.1 Å². The minimum absolute atomic E-state index is 0.0785. The van der Waals surface area contributed by atoms with Crippen LogP contribution in [0.5, 0.6) is 5.75 Å². The predicted molar refractivity (Wildman–Crippen MR) is 128 cm³/mol. The first-order chi connectivity index (χ1) is 15.6. The van der Waals surface area contributed by atoms with Crippen LogP contribution in [0.4, 0.5) is 5.69 Å². The highest BCUT2D eigenvalue weighted by Crippen LogP contribution is 2.28. The number of rotatable bonds is 4. The van der Waals surface area contributed by atoms with E-state index in [2.05, 4.69) is 23.5 Å². The maximum Gasteiger partial charge on any atom is 0.261 e. The first-order valence-electron chi connectivity index (χ1n) is 11.0. The van der Waals surface area contributed by atoms with Crippen LogP contribution in [-0.4, -0.2) is 77.2 Å². The summed E-state index contributed by atoms with van der Waals surface area (Å²) in [6.45, 7) is 5.73. The molecule has 1 amide bonds. The van der Waals surface area contributed by atoms with Crippen LogP contribution in [0.15, 0.2) is 53.4 Å². The Hall–Kier alpha value is -2.62. The van der Waals surface area contributed by atoms with E-state index in [0.717, 1.165) is 6.54 Å². The molecule has 1 heterocycles. The van der Waals surface area contributed by atoms with Gasteiger partial charge in [-0.05, 0) is 44.2 Å². The number of fused-ring (bicyclic) bond motifs is 1. The minimum Gasteiger partial charge on any atom is -0.491 e. The van der Waals surface area contributed by atoms with Crippen molar-refractivity contribution < 1.29 is 22.7 Å². The number of ether oxygens (including phenoxy) is 2. The summed E-state index contributed by atoms with van der Waals surface area (Å²) in [5.41, 5.74) is 0.697. The molecule has 1 aliphatic heterocycles. The van der Waals surface area contributed by atoms with Gasteiger partial charge in [-0.3, -0.25) is 14.4 Å². The Morgan fingerprint density at radius 1 is 1.06 bits per heavy atom. The Kier molecular flexibility index (Phi) is 7.99. The number of carbonyl (C=O) groups excluding carboxylic acids is 1. The molecule has 2 aromatic rings. The first-order valence-corrected chi connectivity index (χ1v) is 12.4. The van der Waals surface area contributed by atoms with Gasteiger partial charge in [-0.15, -0.1) is 0 Å². The van der Waals surface area contributed by atoms with Gasteiger partial charge in [0.25, 0.3) is 15.9 Å². The standard InChI is InChI=1S/C24H33N3O5S/c1-17-14-26(3)18(2)16-32-22-13-19(25-33(29,30)20-9-7-6-8-10-20)11-12-21(22)24(28)27(4)15-23(17)31-5/h6-13,17-18,23,25H,14-16H2,1-5H3/t17-,18+,23-/m0/s1. The average molecular weight is 476 g/mol. The second kappa shape index (κ2) is 10.5. The van der Waals surface area contributed by atoms with Crippen LogP contribution in [-0.2, 0) is 14.8 Å². The molecule has 9 heteroatoms. The summed E-state index contributed by atoms with van der Waals surface area (Å²) in [7, 11) is 1.66. The molecular formula is C24H33N3O5S. The molecule has 1 N–H and O–H groups in total. The van der Waals surface area contributed by atoms with E-state index in [1.54, 1.807) is 55.5 Å². The second-order valence-electron chi connectivity index (χ2n) is 8.67. The molecule has 3 rings (SSSR count). The van der Waals surface area contributed by atoms with Crippen LogP contribution in [0.1, 0.15) is 24.2 Å². The molecule has 1 aliphatic rings. The molecule has 0 radical (unpaired) electrons. The van der Waals surface area contributed by atoms with Gasteiger partial charge in [0.1, 0.15) is 12.4 Å². The molecule has 0 spiro atoms. The van der Waals surface area contributed by atoms with Crippen LogP contribution in [0.3, 0.4) is 0 Å². The van der Waals surface area contributed by atoms with Gasteiger partial charge in [0.15, 0.2) is 0 Å². The highest BCUT2D eigenvalue weighted by molar-refractivity contribution is 7.92. The van der Waals surface area contributed by atoms with Gasteiger partial charge in [-0.1, -0.05) is 25.1 Å². The lowest BCUT2D eigenvalue weighted by atomic mass is 10.0. The average Bonchev–Trinajstić information content (AvgIpc) is 2.80. The Balaban J connectivity index is 1.94. The van der Waals surface area contributed by atoms with Gasteiger partial charge in [0, 0.05) is 39.4 Å². The number of nitrogens with zero attached hydrogens (tertiary/aromatic N) is 2. The molecule has 0 aromatic heterocycles. The Labute approximate surface area is 196 Å². The molecule has 0 saturated heterocycles. The summed E-state index contributed by atoms with van der Waals surface area (Å²) in [5, 5.41) is 0. The summed E-state index contributed by atoms with van der Waals surface area (Å²) in [6, 6.07) is 12.9. The number of amides is 1. The van der Waals surface area contributed by atoms with Gasteiger partial charge in [0.05, 0.1) is 22.3 Å². The molecule has 0 unspecified atom stereocenters. The monoisotopic (exact) mass is 475 g/mol. The van der Waals surface area contributed by atoms with E-state index in [-0.39, 0.29) is 28.9 Å². The van der Waals surface area contributed by atoms with Crippen LogP contribution in [0, 0.1) is 5.92 Å². The topological polar surface area (TPSA) is 88.2 Å². The van der Waals surface area contributed by atoms with E-state index in [0.29, 0.717) is 30.2 Å². The number of nitrogens with one attached hydrogen (secondary N) is 1. The summed E-state index contributed by atoms with van der Waals surface area (Å²) < 4.78 is 39.8. The van der Waals surface area contributed by atoms with Crippen molar-refractivity contribution in [2.24, 2.45) is 5.92 Å². The zero-order chi connectivity index (χ0) is 24.2. The van der Waals surface area contributed by atoms with Crippen LogP contribution in [0.25, 0.3) is 0 Å². The Morgan fingerprint density at radius 2 is 1.76 bits per heavy atom. The number of sulfonamides is 1. The third-order valence-corrected chi connectivity index (χ3v) is 7.46. The number of carbonyl (C=O) groups is 1. The molecule has 0 saturated carbocycles. The van der Waals surface area contributed by atoms with Gasteiger partial charge >= 0.3 is 0 Å². The SMILES string of the molecule is CO[C@H]1CN(C)C(=O)c2ccc(NS(=O)(=O)c3ccccc3)cc2OC[C@@H](C)N(C)C[C@@H]1C. The van der Waals surface area contributed by atoms with Crippen LogP contribution < -0.4 is 9.46 Å². The lowest BCUT2D eigenvalue weighted by Crippen LogP contribution is -2.45. The fourth-order valence-corrected chi connectivity index (χ4v) is 4.90. The number of benzene rings is 2. The Bertz CT molecular complexity index is 1060. The number of hydrogen-bond acceptors (Lipinski definition) is 6. The normalized spacial score (nSPS) is 23.1. The van der Waals surface area contributed by atoms with Crippen molar-refractivity contribution in [3.63, 3.8) is 0 Å². The van der Waals surface area contributed by atoms with E-state index in [9.17, 15) is 13.2 Å². The summed E-state index contributed by atoms with van der Waals surface area (Å²) in [4.78, 5) is 17.2. The quantitative estimate of drug-likeness (QED) is 0.732. The van der Waals surface area contributed by atoms with Crippen molar-refractivity contribution in [1.82, 2.24) is 9.80 Å². The van der Waals surface area contributed by atoms with Crippen molar-refractivity contribution in [3.8, 4) is 5.75 Å². The van der Waals surface area contributed by atoms with Gasteiger partial charge in [-0.25, -0.2) is 8.42 Å². The molecule has 3 atom stereocenters. The highest BCUT2D eigenvalue weighted by atomic mass is 32.2. The molecule has 33 heavy (non-hydrogen) atoms. The number of likely N-dealkylation sites (N-methyl/N-ethyl adjacent to an activating group) is 2. The van der Waals surface area contributed by atoms with Gasteiger partial charge in [-0.2, -0.15) is 0 Å². The second-order valence-corrected chi connectivity index (χ2v) is 10.3. The predicted octanol–water partition coefficient (Wildman–Crippen LogP) is 2.92. The number of anilines is 1. The zero-order valence-corrected chi connectivity index (χ0v) is 20.6. The first kappa shape index (κ1) is 25.0. The molecule has 2 aromatic carbocycles. The van der Waals surface area contributed by atoms with Crippen LogP contribution >= 0.6 is 0 Å². The van der Waals surface area contributed by atoms with E-state index >= 15 is 0 Å². The van der Waals surface area contributed by atoms with Gasteiger partial charge < -0.3 is 14.4 Å². The molecule has 0 bridgehead atoms. The molecule has 180 valence electrons. The molecule has 8 nitrogen and oxygen atoms in total. The van der Waals surface area contributed by atoms with E-state index in [1.807, 2.05) is 7.05 Å². The molecule has 0 aliphatic carbocycles. The summed E-state index contributed by atoms with van der Waals surface area (Å²) in [6.07, 6.45) is -0.116. The smallest absolute Gasteiger partial charge is 0.261 e. The van der Waals surface area contributed by atoms with Crippen LogP contribution in [0.2, 0.25) is 0 Å². The lowest BCUT2D eigenvalue weighted by Gasteiger charge is -2.34. The third kappa shape index (κ3) is 6.04. The Morgan fingerprint density at radius 3 is 2.42 bits per heavy atom. The lowest BCUT2D eigenvalue weighted by molar-refractivity contribution is 0.0150. The maximum absolute atomic E-state index is 13.2. The van der Waals surface area contributed by atoms with Crippen molar-refractivity contribution in [2.45, 2.75) is 30.9 Å². The third-order valence-electron chi connectivity index (χ3n) is 6.06. The number of hydrogen-bond donors (Lipinski definition) is 1. The van der Waals surface area contributed by atoms with Crippen molar-refractivity contribution in [1.29, 1.82) is 0 Å². The largest absolute Gasteiger partial charge is 0.491 e. The van der Waals surface area contributed by atoms with E-state index in [4.69, 9.17) is 9.47 Å². The molecular weight excluding hydrogens is 442 g/mol. The minimum atomic E-state index is -3.77. The molecule has 0 fully saturated rings. The van der Waals surface area contributed by atoms with Gasteiger partial charge in [0.2, 0.25) is 0 Å². The maximum atomic E-state index is 13.2.